The van der Waals surface area contributed by atoms with Crippen LogP contribution < -0.4 is 5.32 Å². The van der Waals surface area contributed by atoms with Gasteiger partial charge in [0.25, 0.3) is 0 Å². The van der Waals surface area contributed by atoms with Gasteiger partial charge >= 0.3 is 0 Å². The molecule has 1 heterocycles. The van der Waals surface area contributed by atoms with Gasteiger partial charge in [0, 0.05) is 25.6 Å². The van der Waals surface area contributed by atoms with Crippen LogP contribution in [0, 0.1) is 11.8 Å². The number of likely N-dealkylation sites (tertiary alicyclic amines) is 1. The fourth-order valence-corrected chi connectivity index (χ4v) is 5.40. The van der Waals surface area contributed by atoms with E-state index < -0.39 is 6.04 Å². The Bertz CT molecular complexity index is 912. The molecular formula is C27H35N3O4. The molecule has 1 saturated heterocycles. The molecule has 2 aliphatic carbocycles. The summed E-state index contributed by atoms with van der Waals surface area (Å²) in [5, 5.41) is 3.10. The van der Waals surface area contributed by atoms with Crippen LogP contribution in [0.15, 0.2) is 42.5 Å². The maximum Gasteiger partial charge on any atom is 0.242 e. The minimum atomic E-state index is -0.617. The lowest BCUT2D eigenvalue weighted by Gasteiger charge is -2.30. The van der Waals surface area contributed by atoms with Gasteiger partial charge in [0.05, 0.1) is 11.8 Å². The lowest BCUT2D eigenvalue weighted by molar-refractivity contribution is -0.143. The van der Waals surface area contributed by atoms with Crippen molar-refractivity contribution in [3.63, 3.8) is 0 Å². The highest BCUT2D eigenvalue weighted by atomic mass is 16.2. The van der Waals surface area contributed by atoms with E-state index in [0.29, 0.717) is 25.8 Å². The Balaban J connectivity index is 1.40. The smallest absolute Gasteiger partial charge is 0.242 e. The summed E-state index contributed by atoms with van der Waals surface area (Å²) in [6, 6.07) is 9.42. The molecule has 7 heteroatoms. The number of hydrogen-bond donors (Lipinski definition) is 1. The topological polar surface area (TPSA) is 86.8 Å². The molecule has 0 aromatic heterocycles. The summed E-state index contributed by atoms with van der Waals surface area (Å²) in [6.45, 7) is 2.24. The third-order valence-electron chi connectivity index (χ3n) is 7.50. The zero-order valence-electron chi connectivity index (χ0n) is 19.9. The first-order valence-corrected chi connectivity index (χ1v) is 12.6. The van der Waals surface area contributed by atoms with Crippen LogP contribution in [0.25, 0.3) is 0 Å². The van der Waals surface area contributed by atoms with Crippen molar-refractivity contribution in [2.45, 2.75) is 70.4 Å². The summed E-state index contributed by atoms with van der Waals surface area (Å²) in [7, 11) is 0. The highest BCUT2D eigenvalue weighted by Gasteiger charge is 2.47. The number of amides is 4. The normalized spacial score (nSPS) is 23.1. The van der Waals surface area contributed by atoms with Crippen LogP contribution in [0.2, 0.25) is 0 Å². The lowest BCUT2D eigenvalue weighted by atomic mass is 9.85. The molecule has 1 aromatic carbocycles. The molecule has 4 amide bonds. The van der Waals surface area contributed by atoms with Gasteiger partial charge in [-0.05, 0) is 44.6 Å². The van der Waals surface area contributed by atoms with Crippen molar-refractivity contribution in [3.8, 4) is 0 Å². The third-order valence-corrected chi connectivity index (χ3v) is 7.50. The number of benzene rings is 1. The van der Waals surface area contributed by atoms with Gasteiger partial charge in [-0.1, -0.05) is 55.3 Å². The molecule has 1 aliphatic heterocycles. The minimum absolute atomic E-state index is 0.0280. The van der Waals surface area contributed by atoms with Crippen molar-refractivity contribution in [3.05, 3.63) is 48.0 Å². The van der Waals surface area contributed by atoms with Crippen LogP contribution in [-0.2, 0) is 25.6 Å². The van der Waals surface area contributed by atoms with E-state index in [0.717, 1.165) is 31.2 Å². The molecule has 1 saturated carbocycles. The molecule has 182 valence electrons. The average molecular weight is 466 g/mol. The second-order valence-electron chi connectivity index (χ2n) is 9.72. The molecule has 0 unspecified atom stereocenters. The van der Waals surface area contributed by atoms with Gasteiger partial charge in [0.1, 0.15) is 6.04 Å². The number of carbonyl (C=O) groups is 4. The number of imide groups is 1. The lowest BCUT2D eigenvalue weighted by Crippen LogP contribution is -2.51. The molecule has 3 atom stereocenters. The fourth-order valence-electron chi connectivity index (χ4n) is 5.40. The summed E-state index contributed by atoms with van der Waals surface area (Å²) in [6.07, 6.45) is 9.93. The number of hydrogen-bond acceptors (Lipinski definition) is 4. The van der Waals surface area contributed by atoms with Gasteiger partial charge in [-0.2, -0.15) is 0 Å². The molecular weight excluding hydrogens is 430 g/mol. The van der Waals surface area contributed by atoms with Gasteiger partial charge in [-0.15, -0.1) is 0 Å². The van der Waals surface area contributed by atoms with Gasteiger partial charge in [-0.3, -0.25) is 24.1 Å². The second kappa shape index (κ2) is 11.0. The van der Waals surface area contributed by atoms with E-state index in [1.165, 1.54) is 4.90 Å². The van der Waals surface area contributed by atoms with Crippen molar-refractivity contribution in [1.29, 1.82) is 0 Å². The molecule has 3 aliphatic rings. The molecule has 2 fully saturated rings. The maximum atomic E-state index is 13.3. The molecule has 1 aromatic rings. The van der Waals surface area contributed by atoms with Crippen LogP contribution in [0.1, 0.15) is 57.4 Å². The molecule has 1 N–H and O–H groups in total. The number of carbonyl (C=O) groups excluding carboxylic acids is 4. The van der Waals surface area contributed by atoms with Crippen molar-refractivity contribution in [2.24, 2.45) is 11.8 Å². The van der Waals surface area contributed by atoms with Crippen molar-refractivity contribution < 1.29 is 19.2 Å². The predicted molar refractivity (Wildman–Crippen MR) is 128 cm³/mol. The number of nitrogens with one attached hydrogen (secondary N) is 1. The van der Waals surface area contributed by atoms with E-state index in [9.17, 15) is 19.2 Å². The van der Waals surface area contributed by atoms with Gasteiger partial charge in [0.15, 0.2) is 0 Å². The van der Waals surface area contributed by atoms with Crippen LogP contribution in [0.4, 0.5) is 0 Å². The Morgan fingerprint density at radius 2 is 1.65 bits per heavy atom. The Morgan fingerprint density at radius 1 is 1.03 bits per heavy atom. The fraction of sp³-hybridized carbons (Fsp3) is 0.556. The van der Waals surface area contributed by atoms with Gasteiger partial charge in [0.2, 0.25) is 23.6 Å². The number of rotatable bonds is 9. The highest BCUT2D eigenvalue weighted by Crippen LogP contribution is 2.35. The highest BCUT2D eigenvalue weighted by molar-refractivity contribution is 6.05. The van der Waals surface area contributed by atoms with E-state index in [-0.39, 0.29) is 54.5 Å². The largest absolute Gasteiger partial charge is 0.352 e. The molecule has 0 bridgehead atoms. The Morgan fingerprint density at radius 3 is 2.26 bits per heavy atom. The summed E-state index contributed by atoms with van der Waals surface area (Å²) in [5.74, 6) is -1.28. The zero-order valence-corrected chi connectivity index (χ0v) is 19.9. The number of fused-ring (bicyclic) bond motifs is 1. The summed E-state index contributed by atoms with van der Waals surface area (Å²) in [5.41, 5.74) is 1.09. The quantitative estimate of drug-likeness (QED) is 0.449. The van der Waals surface area contributed by atoms with Crippen LogP contribution in [0.5, 0.6) is 0 Å². The first kappa shape index (κ1) is 24.2. The minimum Gasteiger partial charge on any atom is -0.352 e. The van der Waals surface area contributed by atoms with Crippen LogP contribution in [-0.4, -0.2) is 58.6 Å². The van der Waals surface area contributed by atoms with Crippen LogP contribution >= 0.6 is 0 Å². The summed E-state index contributed by atoms with van der Waals surface area (Å²) < 4.78 is 0. The number of allylic oxidation sites excluding steroid dienone is 2. The SMILES string of the molecule is C[C@@H](C(=O)NC1CCCC1)N(CCc1ccccc1)C(=O)CCN1C(=O)[C@H]2CC=CC[C@H]2C1=O. The molecule has 7 nitrogen and oxygen atoms in total. The number of nitrogens with zero attached hydrogens (tertiary/aromatic N) is 2. The Hall–Kier alpha value is -2.96. The second-order valence-corrected chi connectivity index (χ2v) is 9.72. The van der Waals surface area contributed by atoms with E-state index >= 15 is 0 Å². The van der Waals surface area contributed by atoms with E-state index in [1.54, 1.807) is 11.8 Å². The molecule has 0 radical (unpaired) electrons. The molecule has 4 rings (SSSR count). The molecule has 0 spiro atoms. The third kappa shape index (κ3) is 5.40. The van der Waals surface area contributed by atoms with Gasteiger partial charge < -0.3 is 10.2 Å². The van der Waals surface area contributed by atoms with E-state index in [2.05, 4.69) is 5.32 Å². The maximum absolute atomic E-state index is 13.3. The van der Waals surface area contributed by atoms with E-state index in [1.807, 2.05) is 42.5 Å². The standard InChI is InChI=1S/C27H35N3O4/c1-19(25(32)28-21-11-5-6-12-21)29(17-15-20-9-3-2-4-10-20)24(31)16-18-30-26(33)22-13-7-8-14-23(22)27(30)34/h2-4,7-10,19,21-23H,5-6,11-18H2,1H3,(H,28,32)/t19-,22-,23+/m0/s1. The zero-order chi connectivity index (χ0) is 24.1. The monoisotopic (exact) mass is 465 g/mol. The first-order chi connectivity index (χ1) is 16.5. The Kier molecular flexibility index (Phi) is 7.80. The first-order valence-electron chi connectivity index (χ1n) is 12.6. The summed E-state index contributed by atoms with van der Waals surface area (Å²) in [4.78, 5) is 54.7. The van der Waals surface area contributed by atoms with Crippen molar-refractivity contribution >= 4 is 23.6 Å². The van der Waals surface area contributed by atoms with E-state index in [4.69, 9.17) is 0 Å². The van der Waals surface area contributed by atoms with Crippen LogP contribution in [0.3, 0.4) is 0 Å². The average Bonchev–Trinajstić information content (AvgIpc) is 3.45. The summed E-state index contributed by atoms with van der Waals surface area (Å²) >= 11 is 0. The van der Waals surface area contributed by atoms with Crippen molar-refractivity contribution in [2.75, 3.05) is 13.1 Å². The van der Waals surface area contributed by atoms with Crippen molar-refractivity contribution in [1.82, 2.24) is 15.1 Å². The Labute approximate surface area is 201 Å². The predicted octanol–water partition coefficient (Wildman–Crippen LogP) is 2.85. The van der Waals surface area contributed by atoms with Gasteiger partial charge in [-0.25, -0.2) is 0 Å². The molecule has 34 heavy (non-hydrogen) atoms.